The summed E-state index contributed by atoms with van der Waals surface area (Å²) in [4.78, 5) is 4.53. The molecular formula is C15H12FN2. The van der Waals surface area contributed by atoms with E-state index < -0.39 is 0 Å². The molecule has 2 aromatic carbocycles. The lowest BCUT2D eigenvalue weighted by Gasteiger charge is -2.07. The zero-order valence-corrected chi connectivity index (χ0v) is 10.0. The number of halogens is 1. The van der Waals surface area contributed by atoms with Crippen LogP contribution in [0.25, 0.3) is 16.7 Å². The molecule has 0 aliphatic heterocycles. The highest BCUT2D eigenvalue weighted by Gasteiger charge is 2.11. The Morgan fingerprint density at radius 1 is 1.33 bits per heavy atom. The fraction of sp³-hybridized carbons (Fsp3) is 0.133. The molecule has 0 fully saturated rings. The molecule has 0 unspecified atom stereocenters. The highest BCUT2D eigenvalue weighted by atomic mass is 19.1. The fourth-order valence-electron chi connectivity index (χ4n) is 2.15. The Morgan fingerprint density at radius 3 is 2.94 bits per heavy atom. The van der Waals surface area contributed by atoms with Crippen LogP contribution < -0.4 is 0 Å². The predicted molar refractivity (Wildman–Crippen MR) is 69.2 cm³/mol. The number of hydrogen-bond donors (Lipinski definition) is 0. The average Bonchev–Trinajstić information content (AvgIpc) is 2.77. The summed E-state index contributed by atoms with van der Waals surface area (Å²) >= 11 is 0. The Labute approximate surface area is 105 Å². The zero-order chi connectivity index (χ0) is 12.5. The van der Waals surface area contributed by atoms with Crippen molar-refractivity contribution in [1.82, 2.24) is 9.55 Å². The molecule has 3 heteroatoms. The van der Waals surface area contributed by atoms with Gasteiger partial charge in [-0.25, -0.2) is 9.37 Å². The maximum absolute atomic E-state index is 13.4. The molecule has 0 amide bonds. The van der Waals surface area contributed by atoms with Gasteiger partial charge in [0.15, 0.2) is 0 Å². The van der Waals surface area contributed by atoms with Crippen molar-refractivity contribution in [1.29, 1.82) is 0 Å². The molecule has 3 rings (SSSR count). The molecule has 1 heterocycles. The van der Waals surface area contributed by atoms with Gasteiger partial charge in [0.25, 0.3) is 0 Å². The monoisotopic (exact) mass is 239 g/mol. The van der Waals surface area contributed by atoms with Gasteiger partial charge >= 0.3 is 0 Å². The van der Waals surface area contributed by atoms with Crippen molar-refractivity contribution in [3.8, 4) is 5.69 Å². The van der Waals surface area contributed by atoms with E-state index in [0.717, 1.165) is 29.0 Å². The van der Waals surface area contributed by atoms with E-state index in [1.54, 1.807) is 6.07 Å². The van der Waals surface area contributed by atoms with Crippen LogP contribution in [-0.2, 0) is 6.42 Å². The third kappa shape index (κ3) is 1.68. The number of rotatable bonds is 2. The quantitative estimate of drug-likeness (QED) is 0.669. The van der Waals surface area contributed by atoms with Gasteiger partial charge < -0.3 is 0 Å². The number of aryl methyl sites for hydroxylation is 1. The number of aromatic nitrogens is 2. The number of hydrogen-bond acceptors (Lipinski definition) is 1. The molecular weight excluding hydrogens is 227 g/mol. The average molecular weight is 239 g/mol. The summed E-state index contributed by atoms with van der Waals surface area (Å²) in [5.74, 6) is 0.682. The van der Waals surface area contributed by atoms with E-state index in [2.05, 4.69) is 11.1 Å². The first-order valence-corrected chi connectivity index (χ1v) is 5.93. The minimum Gasteiger partial charge on any atom is -0.296 e. The molecule has 1 radical (unpaired) electrons. The lowest BCUT2D eigenvalue weighted by atomic mass is 10.2. The Balaban J connectivity index is 2.35. The first-order valence-electron chi connectivity index (χ1n) is 5.93. The van der Waals surface area contributed by atoms with Crippen LogP contribution in [0.1, 0.15) is 12.7 Å². The molecule has 0 atom stereocenters. The van der Waals surface area contributed by atoms with Crippen LogP contribution in [0.4, 0.5) is 4.39 Å². The van der Waals surface area contributed by atoms with Gasteiger partial charge in [-0.3, -0.25) is 4.57 Å². The molecule has 18 heavy (non-hydrogen) atoms. The van der Waals surface area contributed by atoms with E-state index in [1.165, 1.54) is 12.1 Å². The largest absolute Gasteiger partial charge is 0.296 e. The standard InChI is InChI=1S/C15H12FN2/c1-2-15-17-13-9-8-11(16)10-14(13)18(15)12-6-4-3-5-7-12/h3-4,6-10H,2H2,1H3. The van der Waals surface area contributed by atoms with E-state index >= 15 is 0 Å². The summed E-state index contributed by atoms with van der Waals surface area (Å²) in [6.45, 7) is 2.04. The highest BCUT2D eigenvalue weighted by molar-refractivity contribution is 5.78. The summed E-state index contributed by atoms with van der Waals surface area (Å²) in [5.41, 5.74) is 2.58. The molecule has 0 saturated heterocycles. The van der Waals surface area contributed by atoms with E-state index in [9.17, 15) is 4.39 Å². The molecule has 0 aliphatic rings. The summed E-state index contributed by atoms with van der Waals surface area (Å²) in [6, 6.07) is 15.3. The Hall–Kier alpha value is -2.16. The second-order valence-electron chi connectivity index (χ2n) is 4.11. The number of benzene rings is 2. The summed E-state index contributed by atoms with van der Waals surface area (Å²) in [5, 5.41) is 0. The predicted octanol–water partition coefficient (Wildman–Crippen LogP) is 3.53. The summed E-state index contributed by atoms with van der Waals surface area (Å²) in [6.07, 6.45) is 0.797. The van der Waals surface area contributed by atoms with Crippen LogP contribution in [0.5, 0.6) is 0 Å². The molecule has 1 aromatic heterocycles. The van der Waals surface area contributed by atoms with E-state index in [4.69, 9.17) is 0 Å². The van der Waals surface area contributed by atoms with Crippen LogP contribution in [0, 0.1) is 11.9 Å². The molecule has 89 valence electrons. The number of imidazole rings is 1. The van der Waals surface area contributed by atoms with Gasteiger partial charge in [-0.1, -0.05) is 19.1 Å². The third-order valence-corrected chi connectivity index (χ3v) is 2.95. The van der Waals surface area contributed by atoms with Crippen molar-refractivity contribution >= 4 is 11.0 Å². The minimum absolute atomic E-state index is 0.244. The Bertz CT molecular complexity index is 686. The first kappa shape index (κ1) is 11.0. The smallest absolute Gasteiger partial charge is 0.125 e. The van der Waals surface area contributed by atoms with Crippen LogP contribution >= 0.6 is 0 Å². The summed E-state index contributed by atoms with van der Waals surface area (Å²) < 4.78 is 15.4. The van der Waals surface area contributed by atoms with E-state index in [-0.39, 0.29) is 5.82 Å². The molecule has 0 aliphatic carbocycles. The van der Waals surface area contributed by atoms with Crippen molar-refractivity contribution in [3.05, 3.63) is 60.2 Å². The SMILES string of the molecule is CCc1nc2ccc(F)cc2n1-c1c[c]ccc1. The van der Waals surface area contributed by atoms with Crippen LogP contribution in [0.3, 0.4) is 0 Å². The third-order valence-electron chi connectivity index (χ3n) is 2.95. The van der Waals surface area contributed by atoms with E-state index in [1.807, 2.05) is 35.8 Å². The Morgan fingerprint density at radius 2 is 2.22 bits per heavy atom. The molecule has 2 nitrogen and oxygen atoms in total. The zero-order valence-electron chi connectivity index (χ0n) is 10.0. The number of fused-ring (bicyclic) bond motifs is 1. The Kier molecular flexibility index (Phi) is 2.59. The van der Waals surface area contributed by atoms with E-state index in [0.29, 0.717) is 0 Å². The van der Waals surface area contributed by atoms with Crippen LogP contribution in [0.2, 0.25) is 0 Å². The minimum atomic E-state index is -0.244. The van der Waals surface area contributed by atoms with Gasteiger partial charge in [-0.15, -0.1) is 0 Å². The van der Waals surface area contributed by atoms with Gasteiger partial charge in [0.1, 0.15) is 11.6 Å². The molecule has 0 N–H and O–H groups in total. The first-order chi connectivity index (χ1) is 8.79. The highest BCUT2D eigenvalue weighted by Crippen LogP contribution is 2.22. The van der Waals surface area contributed by atoms with Crippen molar-refractivity contribution in [2.75, 3.05) is 0 Å². The molecule has 0 spiro atoms. The van der Waals surface area contributed by atoms with Crippen LogP contribution in [-0.4, -0.2) is 9.55 Å². The normalized spacial score (nSPS) is 11.0. The maximum atomic E-state index is 13.4. The van der Waals surface area contributed by atoms with Crippen LogP contribution in [0.15, 0.2) is 42.5 Å². The van der Waals surface area contributed by atoms with Gasteiger partial charge in [-0.2, -0.15) is 0 Å². The second kappa shape index (κ2) is 4.26. The molecule has 0 bridgehead atoms. The number of nitrogens with zero attached hydrogens (tertiary/aromatic N) is 2. The summed E-state index contributed by atoms with van der Waals surface area (Å²) in [7, 11) is 0. The molecule has 3 aromatic rings. The lowest BCUT2D eigenvalue weighted by molar-refractivity contribution is 0.629. The van der Waals surface area contributed by atoms with Gasteiger partial charge in [0.2, 0.25) is 0 Å². The van der Waals surface area contributed by atoms with Gasteiger partial charge in [-0.05, 0) is 30.3 Å². The van der Waals surface area contributed by atoms with Crippen molar-refractivity contribution in [2.24, 2.45) is 0 Å². The van der Waals surface area contributed by atoms with Crippen molar-refractivity contribution < 1.29 is 4.39 Å². The van der Waals surface area contributed by atoms with Crippen molar-refractivity contribution in [2.45, 2.75) is 13.3 Å². The second-order valence-corrected chi connectivity index (χ2v) is 4.11. The van der Waals surface area contributed by atoms with Gasteiger partial charge in [0, 0.05) is 18.2 Å². The lowest BCUT2D eigenvalue weighted by Crippen LogP contribution is -1.99. The van der Waals surface area contributed by atoms with Crippen molar-refractivity contribution in [3.63, 3.8) is 0 Å². The molecule has 0 saturated carbocycles. The maximum Gasteiger partial charge on any atom is 0.125 e. The topological polar surface area (TPSA) is 17.8 Å². The van der Waals surface area contributed by atoms with Gasteiger partial charge in [0.05, 0.1) is 11.0 Å². The fourth-order valence-corrected chi connectivity index (χ4v) is 2.15.